The number of para-hydroxylation sites is 1. The van der Waals surface area contributed by atoms with Crippen molar-refractivity contribution in [1.29, 1.82) is 0 Å². The molecule has 1 aromatic heterocycles. The summed E-state index contributed by atoms with van der Waals surface area (Å²) in [7, 11) is 0. The van der Waals surface area contributed by atoms with E-state index in [1.54, 1.807) is 11.3 Å². The Kier molecular flexibility index (Phi) is 11.3. The lowest BCUT2D eigenvalue weighted by Gasteiger charge is -2.33. The number of nitrogens with zero attached hydrogens (tertiary/aromatic N) is 4. The third kappa shape index (κ3) is 7.89. The van der Waals surface area contributed by atoms with Crippen LogP contribution >= 0.6 is 23.1 Å². The number of rotatable bonds is 10. The number of aliphatic imine (C=N–C) groups is 1. The highest BCUT2D eigenvalue weighted by molar-refractivity contribution is 8.15. The van der Waals surface area contributed by atoms with Crippen molar-refractivity contribution in [2.75, 3.05) is 9.80 Å². The molecule has 3 atom stereocenters. The van der Waals surface area contributed by atoms with Gasteiger partial charge in [0.2, 0.25) is 0 Å². The lowest BCUT2D eigenvalue weighted by atomic mass is 9.70. The van der Waals surface area contributed by atoms with Crippen LogP contribution in [0.4, 0.5) is 34.1 Å². The molecule has 16 rings (SSSR count). The summed E-state index contributed by atoms with van der Waals surface area (Å²) < 4.78 is 1.19. The highest BCUT2D eigenvalue weighted by Crippen LogP contribution is 2.64. The Morgan fingerprint density at radius 2 is 0.765 bits per heavy atom. The molecule has 0 bridgehead atoms. The fourth-order valence-corrected chi connectivity index (χ4v) is 15.0. The topological polar surface area (TPSA) is 31.7 Å². The second-order valence-corrected chi connectivity index (χ2v) is 23.4. The fraction of sp³-hybridized carbons (Fsp3) is 0.0400. The van der Waals surface area contributed by atoms with Gasteiger partial charge in [0.15, 0.2) is 0 Å². The van der Waals surface area contributed by atoms with E-state index >= 15 is 0 Å². The smallest absolute Gasteiger partial charge is 0.124 e. The Morgan fingerprint density at radius 3 is 1.28 bits per heavy atom. The zero-order chi connectivity index (χ0) is 53.4. The number of thioether (sulfide) groups is 1. The lowest BCUT2D eigenvalue weighted by molar-refractivity contribution is 0.793. The van der Waals surface area contributed by atoms with Crippen molar-refractivity contribution < 1.29 is 0 Å². The van der Waals surface area contributed by atoms with Gasteiger partial charge in [-0.2, -0.15) is 0 Å². The molecule has 382 valence electrons. The zero-order valence-corrected chi connectivity index (χ0v) is 45.6. The molecule has 0 fully saturated rings. The largest absolute Gasteiger partial charge is 0.310 e. The van der Waals surface area contributed by atoms with Gasteiger partial charge in [0.1, 0.15) is 5.01 Å². The van der Waals surface area contributed by atoms with Gasteiger partial charge in [0.05, 0.1) is 32.0 Å². The summed E-state index contributed by atoms with van der Waals surface area (Å²) in [6, 6.07) is 98.6. The van der Waals surface area contributed by atoms with Crippen LogP contribution < -0.4 is 9.80 Å². The van der Waals surface area contributed by atoms with E-state index in [0.717, 1.165) is 60.8 Å². The Hall–Kier alpha value is -9.59. The van der Waals surface area contributed by atoms with Crippen LogP contribution in [-0.4, -0.2) is 21.3 Å². The highest BCUT2D eigenvalue weighted by Gasteiger charge is 2.52. The van der Waals surface area contributed by atoms with Crippen molar-refractivity contribution in [2.24, 2.45) is 4.99 Å². The first-order valence-corrected chi connectivity index (χ1v) is 29.4. The number of thiazole rings is 1. The van der Waals surface area contributed by atoms with E-state index in [1.807, 2.05) is 11.8 Å². The molecule has 6 heteroatoms. The standard InChI is InChI=1S/C75H50N4S2/c1-3-15-49(16-4-1)51-27-35-55(36-28-51)78(57-39-31-53(32-40-57)73-76-69-23-11-13-25-71(69)80-73)59-43-45-63-61-19-7-9-21-65(61)75(67(63)47-59)66-22-10-8-20-62(66)64-46-44-60(48-68(64)75)79(56-37-29-52(30-38-56)50-17-5-2-6-18-50)58-41-33-54(34-42-58)74-77-70-24-12-14-26-72(70)81-74/h1-48,69,71H. The van der Waals surface area contributed by atoms with E-state index in [9.17, 15) is 0 Å². The fourth-order valence-electron chi connectivity index (χ4n) is 12.9. The van der Waals surface area contributed by atoms with Gasteiger partial charge in [-0.1, -0.05) is 206 Å². The molecule has 4 aliphatic rings. The third-order valence-corrected chi connectivity index (χ3v) is 19.0. The molecule has 0 N–H and O–H groups in total. The molecule has 0 saturated heterocycles. The molecule has 2 heterocycles. The Morgan fingerprint density at radius 1 is 0.346 bits per heavy atom. The number of anilines is 6. The van der Waals surface area contributed by atoms with Crippen molar-refractivity contribution in [2.45, 2.75) is 16.7 Å². The van der Waals surface area contributed by atoms with Crippen LogP contribution in [0.15, 0.2) is 296 Å². The third-order valence-electron chi connectivity index (χ3n) is 16.6. The SMILES string of the molecule is C1=CC2N=C(c3ccc(N(c4ccc(-c5ccccc5)cc4)c4ccc5c(c4)C4(c6ccccc6-5)c5ccccc5-c5ccc(N(c6ccc(-c7ccccc7)cc6)c6ccc(-c7nc8ccccc8s7)cc6)cc54)cc3)SC2C=C1. The quantitative estimate of drug-likeness (QED) is 0.137. The number of hydrogen-bond donors (Lipinski definition) is 0. The number of benzene rings is 11. The monoisotopic (exact) mass is 1070 g/mol. The summed E-state index contributed by atoms with van der Waals surface area (Å²) in [6.07, 6.45) is 8.74. The molecule has 1 spiro atoms. The van der Waals surface area contributed by atoms with Gasteiger partial charge in [0.25, 0.3) is 0 Å². The zero-order valence-electron chi connectivity index (χ0n) is 44.0. The minimum Gasteiger partial charge on any atom is -0.310 e. The molecule has 0 saturated carbocycles. The van der Waals surface area contributed by atoms with Crippen molar-refractivity contribution in [3.8, 4) is 55.1 Å². The van der Waals surface area contributed by atoms with Crippen LogP contribution in [-0.2, 0) is 5.41 Å². The summed E-state index contributed by atoms with van der Waals surface area (Å²) in [6.45, 7) is 0. The minimum absolute atomic E-state index is 0.177. The predicted octanol–water partition coefficient (Wildman–Crippen LogP) is 19.9. The van der Waals surface area contributed by atoms with Gasteiger partial charge in [-0.25, -0.2) is 4.98 Å². The van der Waals surface area contributed by atoms with Gasteiger partial charge >= 0.3 is 0 Å². The molecule has 3 aliphatic carbocycles. The summed E-state index contributed by atoms with van der Waals surface area (Å²) in [5.41, 5.74) is 24.0. The van der Waals surface area contributed by atoms with Crippen LogP contribution in [0.1, 0.15) is 27.8 Å². The van der Waals surface area contributed by atoms with Gasteiger partial charge in [-0.05, 0) is 164 Å². The van der Waals surface area contributed by atoms with Gasteiger partial charge in [-0.3, -0.25) is 4.99 Å². The van der Waals surface area contributed by atoms with Gasteiger partial charge < -0.3 is 9.80 Å². The van der Waals surface area contributed by atoms with Crippen molar-refractivity contribution in [1.82, 2.24) is 4.98 Å². The maximum absolute atomic E-state index is 5.16. The first kappa shape index (κ1) is 47.4. The first-order chi connectivity index (χ1) is 40.1. The Labute approximate surface area is 480 Å². The molecule has 3 unspecified atom stereocenters. The molecule has 0 radical (unpaired) electrons. The van der Waals surface area contributed by atoms with Crippen molar-refractivity contribution >= 4 is 72.5 Å². The van der Waals surface area contributed by atoms with Crippen LogP contribution in [0.3, 0.4) is 0 Å². The summed E-state index contributed by atoms with van der Waals surface area (Å²) in [5, 5.41) is 2.44. The Bertz CT molecular complexity index is 4440. The minimum atomic E-state index is -0.631. The second-order valence-electron chi connectivity index (χ2n) is 21.2. The molecule has 0 amide bonds. The number of fused-ring (bicyclic) bond motifs is 12. The number of allylic oxidation sites excluding steroid dienone is 2. The average molecular weight is 1070 g/mol. The number of aromatic nitrogens is 1. The van der Waals surface area contributed by atoms with Crippen LogP contribution in [0.5, 0.6) is 0 Å². The molecule has 4 nitrogen and oxygen atoms in total. The lowest BCUT2D eigenvalue weighted by Crippen LogP contribution is -2.26. The van der Waals surface area contributed by atoms with Crippen molar-refractivity contribution in [3.63, 3.8) is 0 Å². The highest BCUT2D eigenvalue weighted by atomic mass is 32.2. The molecule has 81 heavy (non-hydrogen) atoms. The van der Waals surface area contributed by atoms with Crippen LogP contribution in [0.25, 0.3) is 65.3 Å². The van der Waals surface area contributed by atoms with Gasteiger partial charge in [0, 0.05) is 45.3 Å². The van der Waals surface area contributed by atoms with E-state index < -0.39 is 5.41 Å². The normalized spacial score (nSPS) is 16.9. The van der Waals surface area contributed by atoms with Crippen molar-refractivity contribution in [3.05, 3.63) is 319 Å². The molecule has 1 aliphatic heterocycles. The van der Waals surface area contributed by atoms with E-state index in [-0.39, 0.29) is 6.04 Å². The van der Waals surface area contributed by atoms with Crippen LogP contribution in [0, 0.1) is 0 Å². The molecular formula is C75H50N4S2. The summed E-state index contributed by atoms with van der Waals surface area (Å²) in [5.74, 6) is 0. The first-order valence-electron chi connectivity index (χ1n) is 27.7. The Balaban J connectivity index is 0.861. The molecule has 12 aromatic rings. The maximum Gasteiger partial charge on any atom is 0.124 e. The van der Waals surface area contributed by atoms with E-state index in [4.69, 9.17) is 9.98 Å². The van der Waals surface area contributed by atoms with Crippen LogP contribution in [0.2, 0.25) is 0 Å². The maximum atomic E-state index is 5.16. The van der Waals surface area contributed by atoms with Gasteiger partial charge in [-0.15, -0.1) is 11.3 Å². The van der Waals surface area contributed by atoms with E-state index in [2.05, 4.69) is 301 Å². The summed E-state index contributed by atoms with van der Waals surface area (Å²) in [4.78, 5) is 15.1. The summed E-state index contributed by atoms with van der Waals surface area (Å²) >= 11 is 3.59. The average Bonchev–Trinajstić information content (AvgIpc) is 2.21. The molecule has 11 aromatic carbocycles. The van der Waals surface area contributed by atoms with E-state index in [1.165, 1.54) is 71.5 Å². The molecular weight excluding hydrogens is 1020 g/mol. The number of hydrogen-bond acceptors (Lipinski definition) is 6. The van der Waals surface area contributed by atoms with E-state index in [0.29, 0.717) is 5.25 Å². The predicted molar refractivity (Wildman–Crippen MR) is 342 cm³/mol. The second kappa shape index (κ2) is 19.3.